The predicted molar refractivity (Wildman–Crippen MR) is 98.4 cm³/mol. The number of rotatable bonds is 5. The van der Waals surface area contributed by atoms with Crippen molar-refractivity contribution >= 4 is 16.7 Å². The molecule has 0 radical (unpaired) electrons. The zero-order chi connectivity index (χ0) is 17.9. The Balaban J connectivity index is 1.36. The minimum atomic E-state index is -0.592. The van der Waals surface area contributed by atoms with Crippen LogP contribution >= 0.6 is 0 Å². The minimum Gasteiger partial charge on any atom is -0.481 e. The maximum atomic E-state index is 12.3. The van der Waals surface area contributed by atoms with Gasteiger partial charge < -0.3 is 19.5 Å². The van der Waals surface area contributed by atoms with Gasteiger partial charge in [0.15, 0.2) is 17.6 Å². The van der Waals surface area contributed by atoms with Crippen LogP contribution in [0.2, 0.25) is 0 Å². The third kappa shape index (κ3) is 3.42. The molecule has 0 aromatic heterocycles. The van der Waals surface area contributed by atoms with Crippen LogP contribution in [0.15, 0.2) is 60.7 Å². The fourth-order valence-corrected chi connectivity index (χ4v) is 2.88. The summed E-state index contributed by atoms with van der Waals surface area (Å²) in [6, 6.07) is 19.5. The summed E-state index contributed by atoms with van der Waals surface area (Å²) >= 11 is 0. The third-order valence-electron chi connectivity index (χ3n) is 4.31. The van der Waals surface area contributed by atoms with Crippen LogP contribution in [0.1, 0.15) is 12.5 Å². The van der Waals surface area contributed by atoms with Crippen molar-refractivity contribution in [3.63, 3.8) is 0 Å². The Morgan fingerprint density at radius 1 is 1.04 bits per heavy atom. The first kappa shape index (κ1) is 16.3. The largest absolute Gasteiger partial charge is 0.481 e. The molecule has 4 rings (SSSR count). The van der Waals surface area contributed by atoms with Gasteiger partial charge in [-0.15, -0.1) is 0 Å². The fourth-order valence-electron chi connectivity index (χ4n) is 2.88. The molecule has 26 heavy (non-hydrogen) atoms. The SMILES string of the molecule is CC(Oc1ccc2ccccc2c1)C(=O)NCc1ccc2c(c1)OCO2. The van der Waals surface area contributed by atoms with Gasteiger partial charge in [0.05, 0.1) is 0 Å². The first-order valence-electron chi connectivity index (χ1n) is 8.51. The van der Waals surface area contributed by atoms with Crippen LogP contribution < -0.4 is 19.5 Å². The zero-order valence-electron chi connectivity index (χ0n) is 14.4. The Kier molecular flexibility index (Phi) is 4.35. The highest BCUT2D eigenvalue weighted by molar-refractivity contribution is 5.84. The van der Waals surface area contributed by atoms with Gasteiger partial charge in [0.1, 0.15) is 5.75 Å². The molecule has 1 atom stereocenters. The summed E-state index contributed by atoms with van der Waals surface area (Å²) in [5.74, 6) is 1.94. The van der Waals surface area contributed by atoms with Crippen molar-refractivity contribution in [1.29, 1.82) is 0 Å². The van der Waals surface area contributed by atoms with Gasteiger partial charge in [-0.2, -0.15) is 0 Å². The molecule has 1 aliphatic rings. The first-order chi connectivity index (χ1) is 12.7. The molecule has 1 heterocycles. The molecule has 1 aliphatic heterocycles. The number of carbonyl (C=O) groups is 1. The summed E-state index contributed by atoms with van der Waals surface area (Å²) in [7, 11) is 0. The summed E-state index contributed by atoms with van der Waals surface area (Å²) in [5, 5.41) is 5.11. The number of hydrogen-bond acceptors (Lipinski definition) is 4. The van der Waals surface area contributed by atoms with E-state index < -0.39 is 6.10 Å². The molecule has 0 fully saturated rings. The Hall–Kier alpha value is -3.21. The van der Waals surface area contributed by atoms with Gasteiger partial charge in [-0.1, -0.05) is 36.4 Å². The van der Waals surface area contributed by atoms with Gasteiger partial charge in [0.25, 0.3) is 5.91 Å². The van der Waals surface area contributed by atoms with Gasteiger partial charge in [-0.25, -0.2) is 0 Å². The lowest BCUT2D eigenvalue weighted by Crippen LogP contribution is -2.35. The number of carbonyl (C=O) groups excluding carboxylic acids is 1. The number of amides is 1. The number of fused-ring (bicyclic) bond motifs is 2. The van der Waals surface area contributed by atoms with Gasteiger partial charge in [0, 0.05) is 6.54 Å². The van der Waals surface area contributed by atoms with E-state index in [1.165, 1.54) is 0 Å². The molecule has 0 aliphatic carbocycles. The zero-order valence-corrected chi connectivity index (χ0v) is 14.4. The summed E-state index contributed by atoms with van der Waals surface area (Å²) in [6.45, 7) is 2.38. The lowest BCUT2D eigenvalue weighted by molar-refractivity contribution is -0.127. The van der Waals surface area contributed by atoms with E-state index in [-0.39, 0.29) is 12.7 Å². The number of hydrogen-bond donors (Lipinski definition) is 1. The van der Waals surface area contributed by atoms with Crippen molar-refractivity contribution in [3.8, 4) is 17.2 Å². The second kappa shape index (κ2) is 6.96. The Morgan fingerprint density at radius 2 is 1.85 bits per heavy atom. The smallest absolute Gasteiger partial charge is 0.261 e. The van der Waals surface area contributed by atoms with Crippen LogP contribution in [0.3, 0.4) is 0 Å². The standard InChI is InChI=1S/C21H19NO4/c1-14(26-18-8-7-16-4-2-3-5-17(16)11-18)21(23)22-12-15-6-9-19-20(10-15)25-13-24-19/h2-11,14H,12-13H2,1H3,(H,22,23). The van der Waals surface area contributed by atoms with E-state index in [0.29, 0.717) is 18.0 Å². The van der Waals surface area contributed by atoms with E-state index in [9.17, 15) is 4.79 Å². The first-order valence-corrected chi connectivity index (χ1v) is 8.51. The van der Waals surface area contributed by atoms with Gasteiger partial charge in [0.2, 0.25) is 6.79 Å². The van der Waals surface area contributed by atoms with Crippen molar-refractivity contribution in [2.75, 3.05) is 6.79 Å². The lowest BCUT2D eigenvalue weighted by Gasteiger charge is -2.15. The average molecular weight is 349 g/mol. The molecule has 5 nitrogen and oxygen atoms in total. The molecule has 5 heteroatoms. The summed E-state index contributed by atoms with van der Waals surface area (Å²) in [6.07, 6.45) is -0.592. The fraction of sp³-hybridized carbons (Fsp3) is 0.190. The van der Waals surface area contributed by atoms with Gasteiger partial charge in [-0.05, 0) is 47.5 Å². The van der Waals surface area contributed by atoms with E-state index in [1.54, 1.807) is 6.92 Å². The maximum Gasteiger partial charge on any atom is 0.261 e. The van der Waals surface area contributed by atoms with Gasteiger partial charge >= 0.3 is 0 Å². The topological polar surface area (TPSA) is 56.8 Å². The van der Waals surface area contributed by atoms with Crippen LogP contribution in [-0.4, -0.2) is 18.8 Å². The highest BCUT2D eigenvalue weighted by atomic mass is 16.7. The predicted octanol–water partition coefficient (Wildman–Crippen LogP) is 3.65. The molecule has 3 aromatic carbocycles. The normalized spacial score (nSPS) is 13.4. The lowest BCUT2D eigenvalue weighted by atomic mass is 10.1. The number of ether oxygens (including phenoxy) is 3. The molecule has 0 bridgehead atoms. The molecule has 0 saturated heterocycles. The molecule has 1 unspecified atom stereocenters. The van der Waals surface area contributed by atoms with Crippen LogP contribution in [-0.2, 0) is 11.3 Å². The molecule has 1 N–H and O–H groups in total. The van der Waals surface area contributed by atoms with E-state index in [0.717, 1.165) is 22.1 Å². The Morgan fingerprint density at radius 3 is 2.73 bits per heavy atom. The maximum absolute atomic E-state index is 12.3. The van der Waals surface area contributed by atoms with Gasteiger partial charge in [-0.3, -0.25) is 4.79 Å². The van der Waals surface area contributed by atoms with E-state index in [2.05, 4.69) is 5.32 Å². The van der Waals surface area contributed by atoms with Crippen molar-refractivity contribution < 1.29 is 19.0 Å². The highest BCUT2D eigenvalue weighted by Gasteiger charge is 2.16. The Labute approximate surface area is 151 Å². The van der Waals surface area contributed by atoms with Crippen molar-refractivity contribution in [2.45, 2.75) is 19.6 Å². The molecular weight excluding hydrogens is 330 g/mol. The molecule has 0 saturated carbocycles. The highest BCUT2D eigenvalue weighted by Crippen LogP contribution is 2.32. The van der Waals surface area contributed by atoms with Crippen LogP contribution in [0.5, 0.6) is 17.2 Å². The van der Waals surface area contributed by atoms with E-state index in [1.807, 2.05) is 60.7 Å². The number of nitrogens with one attached hydrogen (secondary N) is 1. The summed E-state index contributed by atoms with van der Waals surface area (Å²) in [4.78, 5) is 12.3. The van der Waals surface area contributed by atoms with Crippen LogP contribution in [0.4, 0.5) is 0 Å². The minimum absolute atomic E-state index is 0.171. The molecular formula is C21H19NO4. The third-order valence-corrected chi connectivity index (χ3v) is 4.31. The summed E-state index contributed by atoms with van der Waals surface area (Å²) < 4.78 is 16.4. The molecule has 3 aromatic rings. The van der Waals surface area contributed by atoms with Crippen molar-refractivity contribution in [3.05, 3.63) is 66.2 Å². The molecule has 132 valence electrons. The second-order valence-corrected chi connectivity index (χ2v) is 6.17. The van der Waals surface area contributed by atoms with Crippen LogP contribution in [0, 0.1) is 0 Å². The average Bonchev–Trinajstić information content (AvgIpc) is 3.13. The van der Waals surface area contributed by atoms with Crippen LogP contribution in [0.25, 0.3) is 10.8 Å². The second-order valence-electron chi connectivity index (χ2n) is 6.17. The van der Waals surface area contributed by atoms with Crippen molar-refractivity contribution in [2.24, 2.45) is 0 Å². The monoisotopic (exact) mass is 349 g/mol. The summed E-state index contributed by atoms with van der Waals surface area (Å²) in [5.41, 5.74) is 0.945. The molecule has 0 spiro atoms. The van der Waals surface area contributed by atoms with E-state index in [4.69, 9.17) is 14.2 Å². The number of benzene rings is 3. The quantitative estimate of drug-likeness (QED) is 0.764. The molecule has 1 amide bonds. The van der Waals surface area contributed by atoms with Crippen molar-refractivity contribution in [1.82, 2.24) is 5.32 Å². The van der Waals surface area contributed by atoms with E-state index >= 15 is 0 Å². The Bertz CT molecular complexity index is 954.